The van der Waals surface area contributed by atoms with Crippen molar-refractivity contribution in [2.24, 2.45) is 3.96 Å². The molecule has 0 aliphatic rings. The van der Waals surface area contributed by atoms with Crippen molar-refractivity contribution in [1.82, 2.24) is 0 Å². The van der Waals surface area contributed by atoms with Crippen LogP contribution in [-0.4, -0.2) is 0 Å². The molecule has 2 heteroatoms. The molecule has 0 aliphatic carbocycles. The topological polar surface area (TPSA) is 12.4 Å². The van der Waals surface area contributed by atoms with Crippen LogP contribution in [0.4, 0.5) is 0 Å². The van der Waals surface area contributed by atoms with E-state index in [9.17, 15) is 0 Å². The van der Waals surface area contributed by atoms with Crippen LogP contribution in [0.25, 0.3) is 0 Å². The van der Waals surface area contributed by atoms with Gasteiger partial charge in [0.05, 0.1) is 0 Å². The van der Waals surface area contributed by atoms with E-state index in [-0.39, 0.29) is 0 Å². The maximum atomic E-state index is 3.36. The average molecular weight is 110 g/mol. The summed E-state index contributed by atoms with van der Waals surface area (Å²) in [6.07, 6.45) is 3.10. The molecule has 0 saturated carbocycles. The van der Waals surface area contributed by atoms with Gasteiger partial charge >= 0.3 is 39.0 Å². The minimum absolute atomic E-state index is 1.53. The Morgan fingerprint density at radius 2 is 2.40 bits per heavy atom. The zero-order valence-corrected chi connectivity index (χ0v) is 3.77. The molecule has 0 aliphatic heterocycles. The van der Waals surface area contributed by atoms with Crippen LogP contribution < -0.4 is 0 Å². The van der Waals surface area contributed by atoms with Crippen molar-refractivity contribution in [3.05, 3.63) is 19.2 Å². The third kappa shape index (κ3) is 3.93. The van der Waals surface area contributed by atoms with Gasteiger partial charge in [-0.15, -0.1) is 0 Å². The average Bonchev–Trinajstić information content (AvgIpc) is 1.41. The van der Waals surface area contributed by atoms with Crippen molar-refractivity contribution in [1.29, 1.82) is 0 Å². The zero-order chi connectivity index (χ0) is 4.12. The van der Waals surface area contributed by atoms with E-state index in [2.05, 4.69) is 26.7 Å². The number of nitrogens with zero attached hydrogens (tertiary/aromatic N) is 1. The van der Waals surface area contributed by atoms with Crippen LogP contribution in [0.15, 0.2) is 16.2 Å². The SMILES string of the molecule is [CH2-]/C=C\[N]=[Fe+]. The minimum atomic E-state index is 1.53. The van der Waals surface area contributed by atoms with Crippen molar-refractivity contribution < 1.29 is 15.8 Å². The van der Waals surface area contributed by atoms with Crippen LogP contribution in [0.2, 0.25) is 0 Å². The molecule has 0 radical (unpaired) electrons. The van der Waals surface area contributed by atoms with E-state index in [1.54, 1.807) is 6.08 Å². The van der Waals surface area contributed by atoms with Crippen LogP contribution in [0, 0.1) is 6.92 Å². The number of hydrogen-bond donors (Lipinski definition) is 0. The fourth-order valence-electron chi connectivity index (χ4n) is 0.0373. The molecule has 0 amide bonds. The first kappa shape index (κ1) is 4.93. The Morgan fingerprint density at radius 1 is 1.80 bits per heavy atom. The molecule has 29 valence electrons. The van der Waals surface area contributed by atoms with Gasteiger partial charge in [0.2, 0.25) is 0 Å². The summed E-state index contributed by atoms with van der Waals surface area (Å²) < 4.78 is 3.36. The molecule has 0 fully saturated rings. The van der Waals surface area contributed by atoms with E-state index >= 15 is 0 Å². The van der Waals surface area contributed by atoms with Crippen LogP contribution >= 0.6 is 0 Å². The number of allylic oxidation sites excluding steroid dienone is 1. The van der Waals surface area contributed by atoms with E-state index < -0.39 is 0 Å². The predicted molar refractivity (Wildman–Crippen MR) is 16.9 cm³/mol. The third-order valence-electron chi connectivity index (χ3n) is 0.158. The van der Waals surface area contributed by atoms with Gasteiger partial charge in [-0.3, -0.25) is 0 Å². The second kappa shape index (κ2) is 3.93. The van der Waals surface area contributed by atoms with Gasteiger partial charge in [0.1, 0.15) is 0 Å². The second-order valence-electron chi connectivity index (χ2n) is 0.476. The predicted octanol–water partition coefficient (Wildman–Crippen LogP) is 1.06. The van der Waals surface area contributed by atoms with E-state index in [0.717, 1.165) is 0 Å². The summed E-state index contributed by atoms with van der Waals surface area (Å²) in [7, 11) is 0. The molecule has 0 saturated heterocycles. The molecule has 0 aromatic heterocycles. The molecule has 0 aromatic rings. The first-order chi connectivity index (χ1) is 2.41. The van der Waals surface area contributed by atoms with E-state index in [4.69, 9.17) is 0 Å². The molecule has 0 unspecified atom stereocenters. The second-order valence-corrected chi connectivity index (χ2v) is 0.761. The Bertz CT molecular complexity index is 48.9. The Kier molecular flexibility index (Phi) is 3.87. The van der Waals surface area contributed by atoms with Gasteiger partial charge in [-0.05, 0) is 0 Å². The summed E-state index contributed by atoms with van der Waals surface area (Å²) in [5.74, 6) is 0. The molecule has 0 atom stereocenters. The molecule has 0 bridgehead atoms. The van der Waals surface area contributed by atoms with Gasteiger partial charge in [-0.1, -0.05) is 0 Å². The zero-order valence-electron chi connectivity index (χ0n) is 2.66. The number of hydrogen-bond acceptors (Lipinski definition) is 1. The first-order valence-electron chi connectivity index (χ1n) is 1.16. The maximum absolute atomic E-state index is 3.36. The quantitative estimate of drug-likeness (QED) is 0.353. The van der Waals surface area contributed by atoms with Crippen LogP contribution in [0.3, 0.4) is 0 Å². The molecular formula is C3H4FeN. The van der Waals surface area contributed by atoms with E-state index in [0.29, 0.717) is 0 Å². The standard InChI is InChI=1S/C3H4N.Fe/c1-2-3-4;/h2-3H,1H2;/q-1;+1/b3-2-;. The summed E-state index contributed by atoms with van der Waals surface area (Å²) in [5.41, 5.74) is 0. The molecule has 0 heterocycles. The van der Waals surface area contributed by atoms with Gasteiger partial charge in [0.25, 0.3) is 0 Å². The summed E-state index contributed by atoms with van der Waals surface area (Å²) in [5, 5.41) is 0. The van der Waals surface area contributed by atoms with Crippen molar-refractivity contribution in [2.45, 2.75) is 0 Å². The van der Waals surface area contributed by atoms with Crippen LogP contribution in [0.1, 0.15) is 0 Å². The van der Waals surface area contributed by atoms with Crippen molar-refractivity contribution in [2.75, 3.05) is 0 Å². The fourth-order valence-corrected chi connectivity index (χ4v) is 0.154. The molecule has 0 N–H and O–H groups in total. The van der Waals surface area contributed by atoms with Crippen molar-refractivity contribution in [3.8, 4) is 0 Å². The Morgan fingerprint density at radius 3 is 2.40 bits per heavy atom. The van der Waals surface area contributed by atoms with Gasteiger partial charge in [0, 0.05) is 0 Å². The first-order valence-corrected chi connectivity index (χ1v) is 1.65. The van der Waals surface area contributed by atoms with Crippen molar-refractivity contribution in [3.63, 3.8) is 0 Å². The molecular weight excluding hydrogens is 106 g/mol. The Labute approximate surface area is 39.7 Å². The van der Waals surface area contributed by atoms with Gasteiger partial charge in [-0.25, -0.2) is 0 Å². The number of rotatable bonds is 1. The molecule has 0 rings (SSSR count). The molecule has 1 nitrogen and oxygen atoms in total. The summed E-state index contributed by atoms with van der Waals surface area (Å²) in [6, 6.07) is 0. The molecule has 0 aromatic carbocycles. The third-order valence-corrected chi connectivity index (χ3v) is 0.323. The van der Waals surface area contributed by atoms with Crippen LogP contribution in [-0.2, 0) is 15.8 Å². The van der Waals surface area contributed by atoms with E-state index in [1.165, 1.54) is 6.20 Å². The van der Waals surface area contributed by atoms with Gasteiger partial charge < -0.3 is 0 Å². The van der Waals surface area contributed by atoms with Crippen LogP contribution in [0.5, 0.6) is 0 Å². The van der Waals surface area contributed by atoms with E-state index in [1.807, 2.05) is 0 Å². The molecule has 5 heavy (non-hydrogen) atoms. The molecule has 0 spiro atoms. The Balaban J connectivity index is 2.92. The summed E-state index contributed by atoms with van der Waals surface area (Å²) in [4.78, 5) is 0. The van der Waals surface area contributed by atoms with Crippen molar-refractivity contribution >= 4 is 0 Å². The van der Waals surface area contributed by atoms with Gasteiger partial charge in [-0.2, -0.15) is 0 Å². The summed E-state index contributed by atoms with van der Waals surface area (Å²) in [6.45, 7) is 3.36. The monoisotopic (exact) mass is 110 g/mol. The fraction of sp³-hybridized carbons (Fsp3) is 0. The van der Waals surface area contributed by atoms with Gasteiger partial charge in [0.15, 0.2) is 0 Å². The normalized spacial score (nSPS) is 8.80. The Hall–Kier alpha value is -0.0705. The summed E-state index contributed by atoms with van der Waals surface area (Å²) >= 11 is 3.17.